The van der Waals surface area contributed by atoms with Crippen LogP contribution in [0, 0.1) is 13.8 Å². The molecule has 1 heterocycles. The molecule has 1 aromatic heterocycles. The van der Waals surface area contributed by atoms with Gasteiger partial charge in [-0.1, -0.05) is 24.3 Å². The van der Waals surface area contributed by atoms with Crippen molar-refractivity contribution in [1.29, 1.82) is 0 Å². The number of benzene rings is 1. The molecule has 0 saturated carbocycles. The molecule has 1 aromatic carbocycles. The largest absolute Gasteiger partial charge is 0.379 e. The van der Waals surface area contributed by atoms with Gasteiger partial charge in [-0.3, -0.25) is 9.67 Å². The third-order valence-corrected chi connectivity index (χ3v) is 4.61. The minimum Gasteiger partial charge on any atom is -0.379 e. The molecule has 2 N–H and O–H groups in total. The van der Waals surface area contributed by atoms with Gasteiger partial charge >= 0.3 is 0 Å². The maximum absolute atomic E-state index is 5.65. The van der Waals surface area contributed by atoms with Crippen molar-refractivity contribution in [3.63, 3.8) is 0 Å². The lowest BCUT2D eigenvalue weighted by Gasteiger charge is -2.13. The highest BCUT2D eigenvalue weighted by molar-refractivity contribution is 5.79. The van der Waals surface area contributed by atoms with Crippen molar-refractivity contribution in [3.05, 3.63) is 52.3 Å². The Bertz CT molecular complexity index is 770. The second kappa shape index (κ2) is 11.5. The molecule has 0 spiro atoms. The fraction of sp³-hybridized carbons (Fsp3) is 0.524. The summed E-state index contributed by atoms with van der Waals surface area (Å²) in [5, 5.41) is 11.2. The number of rotatable bonds is 10. The normalized spacial score (nSPS) is 11.7. The van der Waals surface area contributed by atoms with E-state index in [1.807, 2.05) is 25.6 Å². The van der Waals surface area contributed by atoms with Crippen LogP contribution in [0.1, 0.15) is 35.0 Å². The van der Waals surface area contributed by atoms with Crippen LogP contribution in [0.15, 0.2) is 29.3 Å². The van der Waals surface area contributed by atoms with Crippen molar-refractivity contribution in [2.45, 2.75) is 40.5 Å². The summed E-state index contributed by atoms with van der Waals surface area (Å²) in [5.41, 5.74) is 5.75. The number of hydrogen-bond donors (Lipinski definition) is 2. The zero-order chi connectivity index (χ0) is 20.4. The molecule has 0 aliphatic rings. The Morgan fingerprint density at radius 1 is 1.11 bits per heavy atom. The maximum atomic E-state index is 5.65. The van der Waals surface area contributed by atoms with E-state index in [0.29, 0.717) is 32.9 Å². The first kappa shape index (κ1) is 21.9. The molecule has 28 heavy (non-hydrogen) atoms. The van der Waals surface area contributed by atoms with Crippen LogP contribution in [0.5, 0.6) is 0 Å². The van der Waals surface area contributed by atoms with Crippen LogP contribution in [0.3, 0.4) is 0 Å². The van der Waals surface area contributed by atoms with E-state index >= 15 is 0 Å². The molecule has 0 bridgehead atoms. The van der Waals surface area contributed by atoms with Gasteiger partial charge in [0.25, 0.3) is 0 Å². The van der Waals surface area contributed by atoms with Crippen molar-refractivity contribution < 1.29 is 9.47 Å². The highest BCUT2D eigenvalue weighted by atomic mass is 16.5. The summed E-state index contributed by atoms with van der Waals surface area (Å²) in [6, 6.07) is 8.37. The molecule has 0 fully saturated rings. The minimum atomic E-state index is 0.591. The lowest BCUT2D eigenvalue weighted by molar-refractivity contribution is 0.0453. The maximum Gasteiger partial charge on any atom is 0.191 e. The third-order valence-electron chi connectivity index (χ3n) is 4.61. The summed E-state index contributed by atoms with van der Waals surface area (Å²) in [4.78, 5) is 4.31. The standard InChI is InChI=1S/C21H33N5O2/c1-6-27-10-11-28-15-19-9-7-8-18(12-19)13-23-21(22-4)24-14-20-16(2)25-26(5)17(20)3/h7-9,12H,6,10-11,13-15H2,1-5H3,(H2,22,23,24). The Balaban J connectivity index is 1.82. The monoisotopic (exact) mass is 387 g/mol. The second-order valence-electron chi connectivity index (χ2n) is 6.62. The SMILES string of the molecule is CCOCCOCc1cccc(CNC(=NC)NCc2c(C)nn(C)c2C)c1. The first-order valence-electron chi connectivity index (χ1n) is 9.72. The Kier molecular flexibility index (Phi) is 8.97. The summed E-state index contributed by atoms with van der Waals surface area (Å²) in [6.07, 6.45) is 0. The second-order valence-corrected chi connectivity index (χ2v) is 6.62. The topological polar surface area (TPSA) is 72.7 Å². The molecule has 2 rings (SSSR count). The lowest BCUT2D eigenvalue weighted by atomic mass is 10.1. The average Bonchev–Trinajstić information content (AvgIpc) is 2.94. The number of hydrogen-bond acceptors (Lipinski definition) is 4. The van der Waals surface area contributed by atoms with Crippen molar-refractivity contribution in [2.24, 2.45) is 12.0 Å². The number of aromatic nitrogens is 2. The number of ether oxygens (including phenoxy) is 2. The van der Waals surface area contributed by atoms with Crippen LogP contribution in [0.2, 0.25) is 0 Å². The summed E-state index contributed by atoms with van der Waals surface area (Å²) in [7, 11) is 3.74. The van der Waals surface area contributed by atoms with Gasteiger partial charge in [0.2, 0.25) is 0 Å². The molecule has 0 radical (unpaired) electrons. The van der Waals surface area contributed by atoms with Gasteiger partial charge < -0.3 is 20.1 Å². The van der Waals surface area contributed by atoms with E-state index in [1.165, 1.54) is 11.1 Å². The van der Waals surface area contributed by atoms with Crippen molar-refractivity contribution in [1.82, 2.24) is 20.4 Å². The summed E-state index contributed by atoms with van der Waals surface area (Å²) in [5.74, 6) is 0.765. The first-order chi connectivity index (χ1) is 13.5. The fourth-order valence-corrected chi connectivity index (χ4v) is 2.93. The van der Waals surface area contributed by atoms with Gasteiger partial charge in [-0.05, 0) is 31.9 Å². The molecule has 154 valence electrons. The Labute approximate surface area is 168 Å². The van der Waals surface area contributed by atoms with Crippen LogP contribution in [0.4, 0.5) is 0 Å². The number of aliphatic imine (C=N–C) groups is 1. The molecular weight excluding hydrogens is 354 g/mol. The Morgan fingerprint density at radius 3 is 2.50 bits per heavy atom. The molecule has 0 aliphatic carbocycles. The van der Waals surface area contributed by atoms with Gasteiger partial charge in [0.15, 0.2) is 5.96 Å². The predicted octanol–water partition coefficient (Wildman–Crippen LogP) is 2.46. The first-order valence-corrected chi connectivity index (χ1v) is 9.72. The van der Waals surface area contributed by atoms with Crippen LogP contribution in [-0.2, 0) is 36.2 Å². The average molecular weight is 388 g/mol. The molecule has 0 amide bonds. The Morgan fingerprint density at radius 2 is 1.82 bits per heavy atom. The van der Waals surface area contributed by atoms with E-state index in [4.69, 9.17) is 9.47 Å². The molecule has 7 heteroatoms. The molecule has 0 aliphatic heterocycles. The zero-order valence-corrected chi connectivity index (χ0v) is 17.7. The third kappa shape index (κ3) is 6.65. The number of nitrogens with zero attached hydrogens (tertiary/aromatic N) is 3. The molecule has 0 atom stereocenters. The predicted molar refractivity (Wildman–Crippen MR) is 112 cm³/mol. The van der Waals surface area contributed by atoms with Gasteiger partial charge in [-0.25, -0.2) is 0 Å². The van der Waals surface area contributed by atoms with Crippen LogP contribution in [-0.4, -0.2) is 42.6 Å². The minimum absolute atomic E-state index is 0.591. The van der Waals surface area contributed by atoms with Gasteiger partial charge in [0.1, 0.15) is 0 Å². The van der Waals surface area contributed by atoms with Crippen LogP contribution in [0.25, 0.3) is 0 Å². The van der Waals surface area contributed by atoms with Gasteiger partial charge in [0.05, 0.1) is 25.5 Å². The van der Waals surface area contributed by atoms with Gasteiger partial charge in [-0.15, -0.1) is 0 Å². The van der Waals surface area contributed by atoms with Gasteiger partial charge in [0, 0.05) is 45.0 Å². The number of guanidine groups is 1. The highest BCUT2D eigenvalue weighted by Crippen LogP contribution is 2.11. The molecular formula is C21H33N5O2. The molecule has 2 aromatic rings. The summed E-state index contributed by atoms with van der Waals surface area (Å²) < 4.78 is 12.8. The van der Waals surface area contributed by atoms with E-state index in [-0.39, 0.29) is 0 Å². The van der Waals surface area contributed by atoms with E-state index in [0.717, 1.165) is 29.5 Å². The zero-order valence-electron chi connectivity index (χ0n) is 17.7. The van der Waals surface area contributed by atoms with E-state index < -0.39 is 0 Å². The van der Waals surface area contributed by atoms with E-state index in [2.05, 4.69) is 51.9 Å². The lowest BCUT2D eigenvalue weighted by Crippen LogP contribution is -2.36. The van der Waals surface area contributed by atoms with Crippen molar-refractivity contribution >= 4 is 5.96 Å². The van der Waals surface area contributed by atoms with E-state index in [9.17, 15) is 0 Å². The summed E-state index contributed by atoms with van der Waals surface area (Å²) >= 11 is 0. The smallest absolute Gasteiger partial charge is 0.191 e. The number of nitrogens with one attached hydrogen (secondary N) is 2. The molecule has 0 unspecified atom stereocenters. The number of aryl methyl sites for hydroxylation is 2. The molecule has 7 nitrogen and oxygen atoms in total. The van der Waals surface area contributed by atoms with Crippen LogP contribution >= 0.6 is 0 Å². The van der Waals surface area contributed by atoms with E-state index in [1.54, 1.807) is 7.05 Å². The quantitative estimate of drug-likeness (QED) is 0.372. The highest BCUT2D eigenvalue weighted by Gasteiger charge is 2.09. The van der Waals surface area contributed by atoms with Crippen LogP contribution < -0.4 is 10.6 Å². The van der Waals surface area contributed by atoms with Crippen molar-refractivity contribution in [3.8, 4) is 0 Å². The Hall–Kier alpha value is -2.38. The van der Waals surface area contributed by atoms with Crippen molar-refractivity contribution in [2.75, 3.05) is 26.9 Å². The summed E-state index contributed by atoms with van der Waals surface area (Å²) in [6.45, 7) is 10.0. The molecule has 0 saturated heterocycles. The fourth-order valence-electron chi connectivity index (χ4n) is 2.93. The van der Waals surface area contributed by atoms with Gasteiger partial charge in [-0.2, -0.15) is 5.10 Å².